The fourth-order valence-electron chi connectivity index (χ4n) is 2.31. The van der Waals surface area contributed by atoms with Crippen molar-refractivity contribution >= 4 is 17.2 Å². The maximum Gasteiger partial charge on any atom is 0.180 e. The van der Waals surface area contributed by atoms with E-state index in [1.165, 1.54) is 7.11 Å². The zero-order chi connectivity index (χ0) is 16.4. The SMILES string of the molecule is COc1ccc(CNc2ccn3ncc(N(C)C)c3n2)cc1O. The van der Waals surface area contributed by atoms with Crippen LogP contribution in [0.25, 0.3) is 5.65 Å². The van der Waals surface area contributed by atoms with E-state index in [0.29, 0.717) is 12.3 Å². The van der Waals surface area contributed by atoms with Crippen molar-refractivity contribution in [1.82, 2.24) is 14.6 Å². The van der Waals surface area contributed by atoms with Gasteiger partial charge in [0.25, 0.3) is 0 Å². The number of phenolic OH excluding ortho intramolecular Hbond substituents is 1. The van der Waals surface area contributed by atoms with E-state index in [0.717, 1.165) is 22.7 Å². The molecule has 23 heavy (non-hydrogen) atoms. The lowest BCUT2D eigenvalue weighted by atomic mass is 10.2. The normalized spacial score (nSPS) is 10.7. The lowest BCUT2D eigenvalue weighted by Gasteiger charge is -2.11. The molecule has 0 aliphatic carbocycles. The molecule has 0 aliphatic heterocycles. The summed E-state index contributed by atoms with van der Waals surface area (Å²) in [6.45, 7) is 0.548. The molecular weight excluding hydrogens is 294 g/mol. The zero-order valence-corrected chi connectivity index (χ0v) is 13.3. The number of anilines is 2. The number of fused-ring (bicyclic) bond motifs is 1. The number of benzene rings is 1. The van der Waals surface area contributed by atoms with Crippen molar-refractivity contribution in [2.24, 2.45) is 0 Å². The largest absolute Gasteiger partial charge is 0.504 e. The number of methoxy groups -OCH3 is 1. The molecular formula is C16H19N5O2. The molecule has 0 atom stereocenters. The van der Waals surface area contributed by atoms with E-state index < -0.39 is 0 Å². The number of ether oxygens (including phenoxy) is 1. The fourth-order valence-corrected chi connectivity index (χ4v) is 2.31. The molecule has 0 fully saturated rings. The minimum atomic E-state index is 0.126. The molecule has 0 radical (unpaired) electrons. The first-order valence-electron chi connectivity index (χ1n) is 7.20. The highest BCUT2D eigenvalue weighted by molar-refractivity contribution is 5.68. The average molecular weight is 313 g/mol. The molecule has 2 aromatic heterocycles. The molecule has 0 unspecified atom stereocenters. The Morgan fingerprint density at radius 2 is 2.13 bits per heavy atom. The van der Waals surface area contributed by atoms with E-state index in [1.807, 2.05) is 37.3 Å². The lowest BCUT2D eigenvalue weighted by molar-refractivity contribution is 0.373. The van der Waals surface area contributed by atoms with E-state index in [-0.39, 0.29) is 5.75 Å². The van der Waals surface area contributed by atoms with Gasteiger partial charge in [-0.1, -0.05) is 6.07 Å². The van der Waals surface area contributed by atoms with Crippen LogP contribution in [0, 0.1) is 0 Å². The van der Waals surface area contributed by atoms with E-state index >= 15 is 0 Å². The van der Waals surface area contributed by atoms with Gasteiger partial charge in [0.2, 0.25) is 0 Å². The topological polar surface area (TPSA) is 74.9 Å². The van der Waals surface area contributed by atoms with Gasteiger partial charge in [0.15, 0.2) is 17.1 Å². The number of hydrogen-bond acceptors (Lipinski definition) is 6. The number of hydrogen-bond donors (Lipinski definition) is 2. The predicted octanol–water partition coefficient (Wildman–Crippen LogP) is 2.12. The Labute approximate surface area is 134 Å². The summed E-state index contributed by atoms with van der Waals surface area (Å²) in [7, 11) is 5.44. The van der Waals surface area contributed by atoms with Crippen molar-refractivity contribution in [3.05, 3.63) is 42.2 Å². The van der Waals surface area contributed by atoms with E-state index in [4.69, 9.17) is 4.74 Å². The summed E-state index contributed by atoms with van der Waals surface area (Å²) >= 11 is 0. The van der Waals surface area contributed by atoms with Crippen LogP contribution in [0.15, 0.2) is 36.7 Å². The third kappa shape index (κ3) is 2.98. The number of phenols is 1. The van der Waals surface area contributed by atoms with Crippen LogP contribution in [0.3, 0.4) is 0 Å². The lowest BCUT2D eigenvalue weighted by Crippen LogP contribution is -2.09. The van der Waals surface area contributed by atoms with Crippen LogP contribution in [-0.4, -0.2) is 40.9 Å². The Morgan fingerprint density at radius 3 is 2.83 bits per heavy atom. The first kappa shape index (κ1) is 15.0. The standard InChI is InChI=1S/C16H19N5O2/c1-20(2)12-10-18-21-7-6-15(19-16(12)21)17-9-11-4-5-14(23-3)13(22)8-11/h4-8,10,22H,9H2,1-3H3,(H,17,19). The Kier molecular flexibility index (Phi) is 3.92. The molecule has 0 saturated heterocycles. The van der Waals surface area contributed by atoms with Gasteiger partial charge in [0.05, 0.1) is 13.3 Å². The van der Waals surface area contributed by atoms with Crippen molar-refractivity contribution < 1.29 is 9.84 Å². The van der Waals surface area contributed by atoms with Gasteiger partial charge in [-0.05, 0) is 23.8 Å². The van der Waals surface area contributed by atoms with Crippen molar-refractivity contribution in [1.29, 1.82) is 0 Å². The number of nitrogens with zero attached hydrogens (tertiary/aromatic N) is 4. The maximum absolute atomic E-state index is 9.81. The zero-order valence-electron chi connectivity index (χ0n) is 13.3. The second kappa shape index (κ2) is 6.04. The quantitative estimate of drug-likeness (QED) is 0.751. The molecule has 7 heteroatoms. The molecule has 2 heterocycles. The summed E-state index contributed by atoms with van der Waals surface area (Å²) in [6, 6.07) is 7.18. The van der Waals surface area contributed by atoms with E-state index in [1.54, 1.807) is 22.8 Å². The van der Waals surface area contributed by atoms with Crippen LogP contribution in [0.2, 0.25) is 0 Å². The third-order valence-electron chi connectivity index (χ3n) is 3.55. The Morgan fingerprint density at radius 1 is 1.30 bits per heavy atom. The van der Waals surface area contributed by atoms with E-state index in [9.17, 15) is 5.11 Å². The number of nitrogens with one attached hydrogen (secondary N) is 1. The van der Waals surface area contributed by atoms with Gasteiger partial charge in [-0.15, -0.1) is 0 Å². The summed E-state index contributed by atoms with van der Waals surface area (Å²) in [5.41, 5.74) is 2.68. The second-order valence-corrected chi connectivity index (χ2v) is 5.36. The molecule has 1 aromatic carbocycles. The van der Waals surface area contributed by atoms with Gasteiger partial charge in [-0.25, -0.2) is 9.50 Å². The van der Waals surface area contributed by atoms with Crippen molar-refractivity contribution in [2.45, 2.75) is 6.54 Å². The fraction of sp³-hybridized carbons (Fsp3) is 0.250. The Bertz CT molecular complexity index is 828. The molecule has 0 spiro atoms. The summed E-state index contributed by atoms with van der Waals surface area (Å²) < 4.78 is 6.78. The molecule has 120 valence electrons. The molecule has 0 saturated carbocycles. The number of rotatable bonds is 5. The maximum atomic E-state index is 9.81. The highest BCUT2D eigenvalue weighted by Crippen LogP contribution is 2.26. The number of aromatic nitrogens is 3. The first-order valence-corrected chi connectivity index (χ1v) is 7.20. The van der Waals surface area contributed by atoms with Crippen molar-refractivity contribution in [3.63, 3.8) is 0 Å². The average Bonchev–Trinajstić information content (AvgIpc) is 2.96. The smallest absolute Gasteiger partial charge is 0.180 e. The summed E-state index contributed by atoms with van der Waals surface area (Å²) in [5, 5.41) is 17.3. The summed E-state index contributed by atoms with van der Waals surface area (Å²) in [4.78, 5) is 6.56. The number of aromatic hydroxyl groups is 1. The van der Waals surface area contributed by atoms with Gasteiger partial charge in [0, 0.05) is 26.8 Å². The van der Waals surface area contributed by atoms with E-state index in [2.05, 4.69) is 15.4 Å². The van der Waals surface area contributed by atoms with Crippen molar-refractivity contribution in [2.75, 3.05) is 31.4 Å². The van der Waals surface area contributed by atoms with Gasteiger partial charge in [-0.2, -0.15) is 5.10 Å². The van der Waals surface area contributed by atoms with Crippen molar-refractivity contribution in [3.8, 4) is 11.5 Å². The minimum absolute atomic E-state index is 0.126. The van der Waals surface area contributed by atoms with Gasteiger partial charge >= 0.3 is 0 Å². The summed E-state index contributed by atoms with van der Waals surface area (Å²) in [5.74, 6) is 1.33. The monoisotopic (exact) mass is 313 g/mol. The third-order valence-corrected chi connectivity index (χ3v) is 3.55. The molecule has 3 aromatic rings. The molecule has 0 amide bonds. The van der Waals surface area contributed by atoms with Crippen LogP contribution in [-0.2, 0) is 6.54 Å². The second-order valence-electron chi connectivity index (χ2n) is 5.36. The van der Waals surface area contributed by atoms with Crippen LogP contribution >= 0.6 is 0 Å². The molecule has 3 rings (SSSR count). The van der Waals surface area contributed by atoms with Crippen LogP contribution in [0.5, 0.6) is 11.5 Å². The van der Waals surface area contributed by atoms with Crippen LogP contribution in [0.4, 0.5) is 11.5 Å². The highest BCUT2D eigenvalue weighted by atomic mass is 16.5. The molecule has 0 aliphatic rings. The van der Waals surface area contributed by atoms with Gasteiger partial charge < -0.3 is 20.1 Å². The predicted molar refractivity (Wildman–Crippen MR) is 89.3 cm³/mol. The Hall–Kier alpha value is -2.96. The molecule has 0 bridgehead atoms. The minimum Gasteiger partial charge on any atom is -0.504 e. The Balaban J connectivity index is 1.79. The van der Waals surface area contributed by atoms with Gasteiger partial charge in [0.1, 0.15) is 11.5 Å². The first-order chi connectivity index (χ1) is 11.1. The van der Waals surface area contributed by atoms with Crippen LogP contribution in [0.1, 0.15) is 5.56 Å². The summed E-state index contributed by atoms with van der Waals surface area (Å²) in [6.07, 6.45) is 3.65. The molecule has 2 N–H and O–H groups in total. The van der Waals surface area contributed by atoms with Crippen LogP contribution < -0.4 is 15.0 Å². The highest BCUT2D eigenvalue weighted by Gasteiger charge is 2.08. The molecule has 7 nitrogen and oxygen atoms in total. The van der Waals surface area contributed by atoms with Gasteiger partial charge in [-0.3, -0.25) is 0 Å².